The van der Waals surface area contributed by atoms with Crippen LogP contribution in [-0.4, -0.2) is 35.4 Å². The van der Waals surface area contributed by atoms with Crippen molar-refractivity contribution in [2.75, 3.05) is 11.4 Å². The van der Waals surface area contributed by atoms with Crippen molar-refractivity contribution in [2.24, 2.45) is 0 Å². The second kappa shape index (κ2) is 14.4. The van der Waals surface area contributed by atoms with E-state index in [9.17, 15) is 36.6 Å². The molecule has 0 aliphatic heterocycles. The smallest absolute Gasteiger partial charge is 0.249 e. The van der Waals surface area contributed by atoms with Crippen LogP contribution in [-0.2, 0) is 32.2 Å². The van der Waals surface area contributed by atoms with Crippen LogP contribution in [0.1, 0.15) is 70.1 Å². The molecule has 0 fully saturated rings. The van der Waals surface area contributed by atoms with Crippen molar-refractivity contribution in [2.45, 2.75) is 70.1 Å². The van der Waals surface area contributed by atoms with E-state index in [0.29, 0.717) is 4.31 Å². The molecule has 0 saturated carbocycles. The lowest BCUT2D eigenvalue weighted by molar-refractivity contribution is -0.118. The fraction of sp³-hybridized carbons (Fsp3) is 0.306. The van der Waals surface area contributed by atoms with Gasteiger partial charge in [-0.3, -0.25) is 9.69 Å². The number of aliphatic hydroxyl groups is 2. The number of halogens is 6. The lowest BCUT2D eigenvalue weighted by atomic mass is 9.80. The van der Waals surface area contributed by atoms with Gasteiger partial charge >= 0.3 is 0 Å². The Labute approximate surface area is 292 Å². The predicted octanol–water partition coefficient (Wildman–Crippen LogP) is 8.17. The van der Waals surface area contributed by atoms with Gasteiger partial charge in [-0.25, -0.2) is 30.4 Å². The van der Waals surface area contributed by atoms with Gasteiger partial charge in [0.2, 0.25) is 21.7 Å². The zero-order valence-electron chi connectivity index (χ0n) is 28.0. The molecular weight excluding hydrogens is 703 g/mol. The Morgan fingerprint density at radius 2 is 1.18 bits per heavy atom. The molecule has 2 N–H and O–H groups in total. The number of nitrogens with zero attached hydrogens (tertiary/aromatic N) is 2. The number of benzene rings is 4. The van der Waals surface area contributed by atoms with Gasteiger partial charge in [0.15, 0.2) is 34.5 Å². The highest BCUT2D eigenvalue weighted by atomic mass is 35.5. The third-order valence-corrected chi connectivity index (χ3v) is 10.0. The molecule has 0 saturated heterocycles. The van der Waals surface area contributed by atoms with Crippen molar-refractivity contribution in [3.63, 3.8) is 0 Å². The summed E-state index contributed by atoms with van der Waals surface area (Å²) in [7, 11) is -5.62. The van der Waals surface area contributed by atoms with Crippen LogP contribution in [0.25, 0.3) is 0 Å². The van der Waals surface area contributed by atoms with Gasteiger partial charge in [0.1, 0.15) is 0 Å². The minimum Gasteiger partial charge on any atom is -0.364 e. The molecule has 0 spiro atoms. The molecule has 7 nitrogen and oxygen atoms in total. The third-order valence-electron chi connectivity index (χ3n) is 7.96. The summed E-state index contributed by atoms with van der Waals surface area (Å²) in [5.74, 6) is -13.6. The van der Waals surface area contributed by atoms with E-state index < -0.39 is 80.1 Å². The van der Waals surface area contributed by atoms with Crippen LogP contribution in [0, 0.1) is 29.1 Å². The first-order valence-corrected chi connectivity index (χ1v) is 17.1. The van der Waals surface area contributed by atoms with Crippen molar-refractivity contribution in [1.82, 2.24) is 4.31 Å². The van der Waals surface area contributed by atoms with Crippen LogP contribution in [0.4, 0.5) is 33.3 Å². The number of aliphatic hydroxyl groups excluding tert-OH is 1. The first kappa shape index (κ1) is 38.9. The molecule has 4 aromatic rings. The van der Waals surface area contributed by atoms with Crippen molar-refractivity contribution < 1.29 is 45.4 Å². The molecular formula is C36H36ClF5N2O5S. The Kier molecular flexibility index (Phi) is 11.2. The number of rotatable bonds is 9. The molecule has 4 aromatic carbocycles. The zero-order chi connectivity index (χ0) is 37.5. The molecule has 0 atom stereocenters. The van der Waals surface area contributed by atoms with Gasteiger partial charge < -0.3 is 10.2 Å². The summed E-state index contributed by atoms with van der Waals surface area (Å²) in [5, 5.41) is 19.6. The van der Waals surface area contributed by atoms with Crippen molar-refractivity contribution in [1.29, 1.82) is 0 Å². The maximum atomic E-state index is 15.0. The molecule has 268 valence electrons. The van der Waals surface area contributed by atoms with Crippen LogP contribution < -0.4 is 4.90 Å². The highest BCUT2D eigenvalue weighted by Crippen LogP contribution is 2.37. The summed E-state index contributed by atoms with van der Waals surface area (Å²) < 4.78 is 101. The van der Waals surface area contributed by atoms with E-state index in [1.54, 1.807) is 12.1 Å². The minimum absolute atomic E-state index is 0.0817. The van der Waals surface area contributed by atoms with E-state index in [1.807, 2.05) is 47.6 Å². The predicted molar refractivity (Wildman–Crippen MR) is 180 cm³/mol. The number of hydrogen-bond acceptors (Lipinski definition) is 5. The molecule has 4 rings (SSSR count). The number of anilines is 2. The van der Waals surface area contributed by atoms with Gasteiger partial charge in [-0.2, -0.15) is 4.31 Å². The topological polar surface area (TPSA) is 98.2 Å². The Hall–Kier alpha value is -3.88. The summed E-state index contributed by atoms with van der Waals surface area (Å²) in [4.78, 5) is 13.5. The zero-order valence-corrected chi connectivity index (χ0v) is 29.6. The van der Waals surface area contributed by atoms with Gasteiger partial charge in [0.25, 0.3) is 0 Å². The Balaban J connectivity index is 1.96. The second-order valence-electron chi connectivity index (χ2n) is 13.8. The van der Waals surface area contributed by atoms with Gasteiger partial charge in [-0.05, 0) is 63.9 Å². The van der Waals surface area contributed by atoms with Crippen LogP contribution in [0.5, 0.6) is 0 Å². The minimum atomic E-state index is -5.62. The van der Waals surface area contributed by atoms with Gasteiger partial charge in [0.05, 0.1) is 6.54 Å². The van der Waals surface area contributed by atoms with Crippen LogP contribution in [0.2, 0.25) is 5.02 Å². The molecule has 0 radical (unpaired) electrons. The fourth-order valence-electron chi connectivity index (χ4n) is 5.02. The monoisotopic (exact) mass is 738 g/mol. The Bertz CT molecular complexity index is 1950. The van der Waals surface area contributed by atoms with Crippen molar-refractivity contribution in [3.05, 3.63) is 123 Å². The van der Waals surface area contributed by atoms with E-state index in [4.69, 9.17) is 11.6 Å². The standard InChI is InChI=1S/C36H36ClF5N2O5S/c1-35(2,3)22-15-23(36(4,5)6)17-26(16-22)44(25-13-9-21(10-14-25)34(46)47)27(45)19-43(18-20-7-11-24(37)12-8-20)50(48,49)33-31(41)29(39)28(38)30(40)32(33)42/h7-17,34,46-47H,18-19H2,1-6H3. The third kappa shape index (κ3) is 8.18. The lowest BCUT2D eigenvalue weighted by Gasteiger charge is -2.31. The normalized spacial score (nSPS) is 12.6. The SMILES string of the molecule is CC(C)(C)c1cc(N(C(=O)CN(Cc2ccc(Cl)cc2)S(=O)(=O)c2c(F)c(F)c(F)c(F)c2F)c2ccc(C(O)O)cc2)cc(C(C)(C)C)c1. The molecule has 1 amide bonds. The average molecular weight is 739 g/mol. The quantitative estimate of drug-likeness (QED) is 0.0782. The summed E-state index contributed by atoms with van der Waals surface area (Å²) in [5.41, 5.74) is 1.39. The number of sulfonamides is 1. The lowest BCUT2D eigenvalue weighted by Crippen LogP contribution is -2.42. The van der Waals surface area contributed by atoms with E-state index in [-0.39, 0.29) is 27.5 Å². The second-order valence-corrected chi connectivity index (χ2v) is 16.1. The largest absolute Gasteiger partial charge is 0.364 e. The van der Waals surface area contributed by atoms with Crippen LogP contribution >= 0.6 is 11.6 Å². The van der Waals surface area contributed by atoms with Gasteiger partial charge in [-0.15, -0.1) is 0 Å². The van der Waals surface area contributed by atoms with Crippen molar-refractivity contribution >= 4 is 38.9 Å². The Morgan fingerprint density at radius 1 is 0.720 bits per heavy atom. The molecule has 0 unspecified atom stereocenters. The highest BCUT2D eigenvalue weighted by molar-refractivity contribution is 7.89. The summed E-state index contributed by atoms with van der Waals surface area (Å²) in [6.45, 7) is 9.83. The number of hydrogen-bond donors (Lipinski definition) is 2. The molecule has 0 bridgehead atoms. The molecule has 50 heavy (non-hydrogen) atoms. The number of carbonyl (C=O) groups is 1. The maximum absolute atomic E-state index is 15.0. The molecule has 14 heteroatoms. The van der Waals surface area contributed by atoms with Gasteiger partial charge in [0, 0.05) is 28.5 Å². The summed E-state index contributed by atoms with van der Waals surface area (Å²) >= 11 is 5.96. The first-order chi connectivity index (χ1) is 23.0. The summed E-state index contributed by atoms with van der Waals surface area (Å²) in [6, 6.07) is 16.3. The van der Waals surface area contributed by atoms with E-state index in [1.165, 1.54) is 48.5 Å². The van der Waals surface area contributed by atoms with Crippen molar-refractivity contribution in [3.8, 4) is 0 Å². The Morgan fingerprint density at radius 3 is 1.62 bits per heavy atom. The highest BCUT2D eigenvalue weighted by Gasteiger charge is 2.39. The maximum Gasteiger partial charge on any atom is 0.249 e. The fourth-order valence-corrected chi connectivity index (χ4v) is 6.64. The average Bonchev–Trinajstić information content (AvgIpc) is 3.03. The van der Waals surface area contributed by atoms with E-state index in [0.717, 1.165) is 16.0 Å². The summed E-state index contributed by atoms with van der Waals surface area (Å²) in [6.07, 6.45) is -1.84. The van der Waals surface area contributed by atoms with Crippen LogP contribution in [0.3, 0.4) is 0 Å². The van der Waals surface area contributed by atoms with E-state index >= 15 is 8.78 Å². The molecule has 0 aliphatic rings. The first-order valence-electron chi connectivity index (χ1n) is 15.2. The molecule has 0 aliphatic carbocycles. The molecule has 0 aromatic heterocycles. The van der Waals surface area contributed by atoms with Crippen LogP contribution in [0.15, 0.2) is 71.6 Å². The number of amides is 1. The van der Waals surface area contributed by atoms with E-state index in [2.05, 4.69) is 0 Å². The molecule has 0 heterocycles. The van der Waals surface area contributed by atoms with Gasteiger partial charge in [-0.1, -0.05) is 83.5 Å². The number of carbonyl (C=O) groups excluding carboxylic acids is 1.